The highest BCUT2D eigenvalue weighted by molar-refractivity contribution is 5.82. The van der Waals surface area contributed by atoms with Crippen LogP contribution in [0.1, 0.15) is 34.6 Å². The molecule has 2 N–H and O–H groups in total. The summed E-state index contributed by atoms with van der Waals surface area (Å²) in [6, 6.07) is 12.3. The molecule has 6 heteroatoms. The zero-order chi connectivity index (χ0) is 18.0. The summed E-state index contributed by atoms with van der Waals surface area (Å²) in [5.74, 6) is -0.356. The molecule has 0 unspecified atom stereocenters. The van der Waals surface area contributed by atoms with Crippen molar-refractivity contribution in [2.45, 2.75) is 31.7 Å². The second-order valence-electron chi connectivity index (χ2n) is 6.21. The molecule has 1 saturated carbocycles. The van der Waals surface area contributed by atoms with Crippen molar-refractivity contribution in [3.05, 3.63) is 70.8 Å². The predicted octanol–water partition coefficient (Wildman–Crippen LogP) is 3.62. The van der Waals surface area contributed by atoms with Gasteiger partial charge in [-0.3, -0.25) is 4.79 Å². The maximum absolute atomic E-state index is 12.6. The molecular formula is C19H18F3NO2. The van der Waals surface area contributed by atoms with Crippen LogP contribution in [0.4, 0.5) is 13.2 Å². The fourth-order valence-corrected chi connectivity index (χ4v) is 2.97. The number of benzene rings is 2. The van der Waals surface area contributed by atoms with Gasteiger partial charge in [-0.15, -0.1) is 0 Å². The standard InChI is InChI=1S/C19H18F3NO2/c20-19(21,22)15-7-5-12(6-8-15)16-9-17(16)18(25)23-10-13-3-1-2-4-14(13)11-24/h1-8,16-17,24H,9-11H2,(H,23,25)/t16-,17+/m0/s1. The average Bonchev–Trinajstić information content (AvgIpc) is 3.40. The number of amides is 1. The topological polar surface area (TPSA) is 49.3 Å². The first kappa shape index (κ1) is 17.5. The second kappa shape index (κ2) is 6.88. The molecule has 0 aromatic heterocycles. The third-order valence-electron chi connectivity index (χ3n) is 4.54. The van der Waals surface area contributed by atoms with Gasteiger partial charge < -0.3 is 10.4 Å². The number of alkyl halides is 3. The molecule has 1 amide bonds. The Hall–Kier alpha value is -2.34. The van der Waals surface area contributed by atoms with Gasteiger partial charge in [0.25, 0.3) is 0 Å². The number of aliphatic hydroxyl groups is 1. The van der Waals surface area contributed by atoms with Crippen LogP contribution in [-0.4, -0.2) is 11.0 Å². The highest BCUT2D eigenvalue weighted by Crippen LogP contribution is 2.48. The lowest BCUT2D eigenvalue weighted by atomic mass is 10.1. The van der Waals surface area contributed by atoms with Crippen LogP contribution in [0.3, 0.4) is 0 Å². The zero-order valence-electron chi connectivity index (χ0n) is 13.4. The highest BCUT2D eigenvalue weighted by Gasteiger charge is 2.44. The summed E-state index contributed by atoms with van der Waals surface area (Å²) >= 11 is 0. The smallest absolute Gasteiger partial charge is 0.392 e. The van der Waals surface area contributed by atoms with Crippen molar-refractivity contribution >= 4 is 5.91 Å². The van der Waals surface area contributed by atoms with Gasteiger partial charge in [-0.25, -0.2) is 0 Å². The summed E-state index contributed by atoms with van der Waals surface area (Å²) in [7, 11) is 0. The fraction of sp³-hybridized carbons (Fsp3) is 0.316. The van der Waals surface area contributed by atoms with Crippen LogP contribution in [0.25, 0.3) is 0 Å². The SMILES string of the molecule is O=C(NCc1ccccc1CO)[C@@H]1C[C@H]1c1ccc(C(F)(F)F)cc1. The molecule has 25 heavy (non-hydrogen) atoms. The number of carbonyl (C=O) groups excluding carboxylic acids is 1. The van der Waals surface area contributed by atoms with E-state index in [4.69, 9.17) is 0 Å². The Bertz CT molecular complexity index is 756. The van der Waals surface area contributed by atoms with Crippen LogP contribution < -0.4 is 5.32 Å². The molecule has 0 spiro atoms. The first-order valence-electron chi connectivity index (χ1n) is 8.02. The summed E-state index contributed by atoms with van der Waals surface area (Å²) in [5.41, 5.74) is 1.69. The molecule has 0 radical (unpaired) electrons. The molecule has 1 fully saturated rings. The van der Waals surface area contributed by atoms with Crippen molar-refractivity contribution in [3.8, 4) is 0 Å². The molecule has 0 aliphatic heterocycles. The van der Waals surface area contributed by atoms with Gasteiger partial charge in [0.1, 0.15) is 0 Å². The fourth-order valence-electron chi connectivity index (χ4n) is 2.97. The highest BCUT2D eigenvalue weighted by atomic mass is 19.4. The average molecular weight is 349 g/mol. The van der Waals surface area contributed by atoms with E-state index in [2.05, 4.69) is 5.32 Å². The Morgan fingerprint density at radius 2 is 1.72 bits per heavy atom. The first-order valence-corrected chi connectivity index (χ1v) is 8.02. The molecule has 2 atom stereocenters. The third-order valence-corrected chi connectivity index (χ3v) is 4.54. The van der Waals surface area contributed by atoms with Gasteiger partial charge in [0, 0.05) is 12.5 Å². The first-order chi connectivity index (χ1) is 11.9. The van der Waals surface area contributed by atoms with Gasteiger partial charge in [-0.2, -0.15) is 13.2 Å². The number of nitrogens with one attached hydrogen (secondary N) is 1. The van der Waals surface area contributed by atoms with E-state index < -0.39 is 11.7 Å². The number of carbonyl (C=O) groups is 1. The minimum Gasteiger partial charge on any atom is -0.392 e. The number of rotatable bonds is 5. The van der Waals surface area contributed by atoms with E-state index in [1.54, 1.807) is 6.07 Å². The quantitative estimate of drug-likeness (QED) is 0.866. The summed E-state index contributed by atoms with van der Waals surface area (Å²) < 4.78 is 37.7. The minimum absolute atomic E-state index is 0.0321. The molecule has 132 valence electrons. The summed E-state index contributed by atoms with van der Waals surface area (Å²) in [4.78, 5) is 12.2. The Morgan fingerprint density at radius 1 is 1.08 bits per heavy atom. The van der Waals surface area contributed by atoms with E-state index >= 15 is 0 Å². The Kier molecular flexibility index (Phi) is 4.81. The largest absolute Gasteiger partial charge is 0.416 e. The van der Waals surface area contributed by atoms with Gasteiger partial charge >= 0.3 is 6.18 Å². The van der Waals surface area contributed by atoms with Crippen LogP contribution in [0.2, 0.25) is 0 Å². The van der Waals surface area contributed by atoms with Crippen molar-refractivity contribution in [1.82, 2.24) is 5.32 Å². The van der Waals surface area contributed by atoms with Crippen LogP contribution >= 0.6 is 0 Å². The van der Waals surface area contributed by atoms with E-state index in [1.165, 1.54) is 12.1 Å². The van der Waals surface area contributed by atoms with E-state index in [0.717, 1.165) is 28.8 Å². The van der Waals surface area contributed by atoms with Crippen molar-refractivity contribution in [3.63, 3.8) is 0 Å². The van der Waals surface area contributed by atoms with Crippen molar-refractivity contribution in [1.29, 1.82) is 0 Å². The van der Waals surface area contributed by atoms with Gasteiger partial charge in [0.15, 0.2) is 0 Å². The Morgan fingerprint density at radius 3 is 2.32 bits per heavy atom. The summed E-state index contributed by atoms with van der Waals surface area (Å²) in [6.07, 6.45) is -3.71. The second-order valence-corrected chi connectivity index (χ2v) is 6.21. The van der Waals surface area contributed by atoms with Gasteiger partial charge in [-0.1, -0.05) is 36.4 Å². The number of hydrogen-bond acceptors (Lipinski definition) is 2. The molecule has 2 aromatic carbocycles. The molecular weight excluding hydrogens is 331 g/mol. The predicted molar refractivity (Wildman–Crippen MR) is 86.5 cm³/mol. The third kappa shape index (κ3) is 4.02. The van der Waals surface area contributed by atoms with Crippen molar-refractivity contribution in [2.75, 3.05) is 0 Å². The minimum atomic E-state index is -4.35. The van der Waals surface area contributed by atoms with E-state index in [0.29, 0.717) is 13.0 Å². The lowest BCUT2D eigenvalue weighted by Crippen LogP contribution is -2.25. The van der Waals surface area contributed by atoms with Crippen LogP contribution in [0, 0.1) is 5.92 Å². The van der Waals surface area contributed by atoms with Crippen molar-refractivity contribution < 1.29 is 23.1 Å². The maximum atomic E-state index is 12.6. The molecule has 0 heterocycles. The number of halogens is 3. The van der Waals surface area contributed by atoms with E-state index in [9.17, 15) is 23.1 Å². The molecule has 2 aromatic rings. The van der Waals surface area contributed by atoms with Gasteiger partial charge in [-0.05, 0) is 41.2 Å². The van der Waals surface area contributed by atoms with Crippen LogP contribution in [0.5, 0.6) is 0 Å². The molecule has 1 aliphatic carbocycles. The lowest BCUT2D eigenvalue weighted by molar-refractivity contribution is -0.137. The maximum Gasteiger partial charge on any atom is 0.416 e. The molecule has 3 rings (SSSR count). The normalized spacial score (nSPS) is 19.5. The summed E-state index contributed by atoms with van der Waals surface area (Å²) in [6.45, 7) is 0.232. The number of hydrogen-bond donors (Lipinski definition) is 2. The van der Waals surface area contributed by atoms with E-state index in [-0.39, 0.29) is 24.3 Å². The summed E-state index contributed by atoms with van der Waals surface area (Å²) in [5, 5.41) is 12.1. The molecule has 0 bridgehead atoms. The molecule has 1 aliphatic rings. The monoisotopic (exact) mass is 349 g/mol. The van der Waals surface area contributed by atoms with Gasteiger partial charge in [0.2, 0.25) is 5.91 Å². The molecule has 0 saturated heterocycles. The van der Waals surface area contributed by atoms with E-state index in [1.807, 2.05) is 18.2 Å². The zero-order valence-corrected chi connectivity index (χ0v) is 13.4. The molecule has 3 nitrogen and oxygen atoms in total. The Balaban J connectivity index is 1.57. The number of aliphatic hydroxyl groups excluding tert-OH is 1. The lowest BCUT2D eigenvalue weighted by Gasteiger charge is -2.09. The van der Waals surface area contributed by atoms with Gasteiger partial charge in [0.05, 0.1) is 12.2 Å². The van der Waals surface area contributed by atoms with Crippen LogP contribution in [0.15, 0.2) is 48.5 Å². The van der Waals surface area contributed by atoms with Crippen LogP contribution in [-0.2, 0) is 24.1 Å². The Labute approximate surface area is 143 Å². The van der Waals surface area contributed by atoms with Crippen molar-refractivity contribution in [2.24, 2.45) is 5.92 Å².